The number of para-hydroxylation sites is 1. The second-order valence-electron chi connectivity index (χ2n) is 5.70. The largest absolute Gasteiger partial charge is 0.438 e. The lowest BCUT2D eigenvalue weighted by atomic mass is 10.2. The molecule has 1 heterocycles. The first-order valence-corrected chi connectivity index (χ1v) is 8.41. The number of carbonyl (C=O) groups is 1. The minimum absolute atomic E-state index is 0.0512. The van der Waals surface area contributed by atoms with Gasteiger partial charge in [0.25, 0.3) is 5.91 Å². The van der Waals surface area contributed by atoms with Crippen LogP contribution in [0.2, 0.25) is 0 Å². The fourth-order valence-corrected chi connectivity index (χ4v) is 2.25. The molecule has 1 aromatic heterocycles. The Hall–Kier alpha value is -4.01. The number of rotatable bonds is 7. The number of aromatic nitrogens is 1. The Kier molecular flexibility index (Phi) is 6.31. The molecule has 3 rings (SSSR count). The van der Waals surface area contributed by atoms with E-state index in [1.807, 2.05) is 18.2 Å². The number of anilines is 1. The summed E-state index contributed by atoms with van der Waals surface area (Å²) in [5.74, 6) is -1.99. The maximum Gasteiger partial charge on any atom is 0.265 e. The molecule has 0 aliphatic rings. The van der Waals surface area contributed by atoms with Crippen LogP contribution in [0, 0.1) is 11.6 Å². The van der Waals surface area contributed by atoms with Gasteiger partial charge in [-0.1, -0.05) is 23.4 Å². The van der Waals surface area contributed by atoms with E-state index in [-0.39, 0.29) is 17.4 Å². The Morgan fingerprint density at radius 2 is 1.86 bits per heavy atom. The molecule has 0 aliphatic heterocycles. The summed E-state index contributed by atoms with van der Waals surface area (Å²) < 4.78 is 31.7. The van der Waals surface area contributed by atoms with Crippen LogP contribution < -0.4 is 15.8 Å². The summed E-state index contributed by atoms with van der Waals surface area (Å²) in [4.78, 5) is 20.9. The van der Waals surface area contributed by atoms with E-state index in [0.717, 1.165) is 12.1 Å². The molecule has 0 saturated heterocycles. The Morgan fingerprint density at radius 1 is 1.07 bits per heavy atom. The molecule has 0 fully saturated rings. The number of amides is 1. The number of nitrogens with zero attached hydrogens (tertiary/aromatic N) is 2. The van der Waals surface area contributed by atoms with E-state index in [0.29, 0.717) is 11.3 Å². The van der Waals surface area contributed by atoms with Crippen molar-refractivity contribution in [3.63, 3.8) is 0 Å². The van der Waals surface area contributed by atoms with Crippen LogP contribution in [0.5, 0.6) is 11.6 Å². The minimum Gasteiger partial charge on any atom is -0.438 e. The van der Waals surface area contributed by atoms with Gasteiger partial charge in [0.2, 0.25) is 5.88 Å². The summed E-state index contributed by atoms with van der Waals surface area (Å²) in [6, 6.07) is 15.2. The van der Waals surface area contributed by atoms with Gasteiger partial charge in [-0.3, -0.25) is 4.79 Å². The van der Waals surface area contributed by atoms with Crippen LogP contribution in [-0.2, 0) is 9.63 Å². The molecule has 0 atom stereocenters. The molecule has 0 radical (unpaired) electrons. The SMILES string of the molecule is N/C(=N\OCC(=O)Nc1ccc(F)c(F)c1)c1cccnc1Oc1ccccc1. The van der Waals surface area contributed by atoms with Crippen molar-refractivity contribution in [3.05, 3.63) is 84.1 Å². The van der Waals surface area contributed by atoms with E-state index in [2.05, 4.69) is 15.5 Å². The highest BCUT2D eigenvalue weighted by Gasteiger charge is 2.11. The van der Waals surface area contributed by atoms with Gasteiger partial charge in [0, 0.05) is 18.0 Å². The number of pyridine rings is 1. The summed E-state index contributed by atoms with van der Waals surface area (Å²) in [6.07, 6.45) is 1.53. The highest BCUT2D eigenvalue weighted by atomic mass is 19.2. The second-order valence-corrected chi connectivity index (χ2v) is 5.70. The van der Waals surface area contributed by atoms with Crippen LogP contribution in [-0.4, -0.2) is 23.3 Å². The van der Waals surface area contributed by atoms with E-state index in [4.69, 9.17) is 15.3 Å². The maximum atomic E-state index is 13.2. The number of halogens is 2. The van der Waals surface area contributed by atoms with E-state index >= 15 is 0 Å². The van der Waals surface area contributed by atoms with Crippen molar-refractivity contribution < 1.29 is 23.1 Å². The Morgan fingerprint density at radius 3 is 2.62 bits per heavy atom. The standard InChI is InChI=1S/C20H16F2N4O3/c21-16-9-8-13(11-17(16)22)25-18(27)12-28-26-19(23)15-7-4-10-24-20(15)29-14-5-2-1-3-6-14/h1-11H,12H2,(H2,23,26)(H,25,27). The average Bonchev–Trinajstić information content (AvgIpc) is 2.72. The van der Waals surface area contributed by atoms with Crippen LogP contribution in [0.3, 0.4) is 0 Å². The molecule has 7 nitrogen and oxygen atoms in total. The van der Waals surface area contributed by atoms with Crippen molar-refractivity contribution in [2.45, 2.75) is 0 Å². The highest BCUT2D eigenvalue weighted by molar-refractivity contribution is 5.99. The molecule has 0 spiro atoms. The monoisotopic (exact) mass is 398 g/mol. The van der Waals surface area contributed by atoms with Crippen LogP contribution >= 0.6 is 0 Å². The van der Waals surface area contributed by atoms with Gasteiger partial charge in [-0.25, -0.2) is 13.8 Å². The second kappa shape index (κ2) is 9.27. The first kappa shape index (κ1) is 19.7. The third-order valence-corrected chi connectivity index (χ3v) is 3.57. The van der Waals surface area contributed by atoms with Crippen molar-refractivity contribution >= 4 is 17.4 Å². The van der Waals surface area contributed by atoms with Crippen LogP contribution in [0.4, 0.5) is 14.5 Å². The van der Waals surface area contributed by atoms with Crippen molar-refractivity contribution in [2.24, 2.45) is 10.9 Å². The lowest BCUT2D eigenvalue weighted by Crippen LogP contribution is -2.20. The third-order valence-electron chi connectivity index (χ3n) is 3.57. The fourth-order valence-electron chi connectivity index (χ4n) is 2.25. The summed E-state index contributed by atoms with van der Waals surface area (Å²) in [5, 5.41) is 6.04. The van der Waals surface area contributed by atoms with Crippen LogP contribution in [0.1, 0.15) is 5.56 Å². The van der Waals surface area contributed by atoms with Crippen molar-refractivity contribution in [3.8, 4) is 11.6 Å². The van der Waals surface area contributed by atoms with Gasteiger partial charge in [-0.15, -0.1) is 0 Å². The van der Waals surface area contributed by atoms with Gasteiger partial charge in [-0.2, -0.15) is 0 Å². The number of ether oxygens (including phenoxy) is 1. The lowest BCUT2D eigenvalue weighted by molar-refractivity contribution is -0.120. The molecular formula is C20H16F2N4O3. The molecule has 0 aliphatic carbocycles. The van der Waals surface area contributed by atoms with Crippen LogP contribution in [0.15, 0.2) is 72.0 Å². The third kappa shape index (κ3) is 5.48. The Labute approximate surface area is 164 Å². The lowest BCUT2D eigenvalue weighted by Gasteiger charge is -2.09. The first-order chi connectivity index (χ1) is 14.0. The van der Waals surface area contributed by atoms with Crippen molar-refractivity contribution in [1.29, 1.82) is 0 Å². The number of benzene rings is 2. The van der Waals surface area contributed by atoms with E-state index < -0.39 is 24.1 Å². The van der Waals surface area contributed by atoms with Gasteiger partial charge in [0.05, 0.1) is 5.56 Å². The maximum absolute atomic E-state index is 13.2. The number of amidine groups is 1. The zero-order chi connectivity index (χ0) is 20.6. The smallest absolute Gasteiger partial charge is 0.265 e. The molecule has 3 aromatic rings. The predicted molar refractivity (Wildman–Crippen MR) is 102 cm³/mol. The summed E-state index contributed by atoms with van der Waals surface area (Å²) in [5.41, 5.74) is 6.36. The summed E-state index contributed by atoms with van der Waals surface area (Å²) >= 11 is 0. The molecular weight excluding hydrogens is 382 g/mol. The zero-order valence-corrected chi connectivity index (χ0v) is 15.0. The van der Waals surface area contributed by atoms with E-state index in [1.165, 1.54) is 12.3 Å². The number of oxime groups is 1. The molecule has 148 valence electrons. The quantitative estimate of drug-likeness (QED) is 0.361. The Balaban J connectivity index is 1.61. The number of hydrogen-bond donors (Lipinski definition) is 2. The average molecular weight is 398 g/mol. The molecule has 2 aromatic carbocycles. The summed E-state index contributed by atoms with van der Waals surface area (Å²) in [7, 11) is 0. The zero-order valence-electron chi connectivity index (χ0n) is 15.0. The fraction of sp³-hybridized carbons (Fsp3) is 0.0500. The van der Waals surface area contributed by atoms with E-state index in [9.17, 15) is 13.6 Å². The number of nitrogens with one attached hydrogen (secondary N) is 1. The number of carbonyl (C=O) groups excluding carboxylic acids is 1. The van der Waals surface area contributed by atoms with Gasteiger partial charge in [-0.05, 0) is 36.4 Å². The van der Waals surface area contributed by atoms with Gasteiger partial charge in [0.15, 0.2) is 24.1 Å². The highest BCUT2D eigenvalue weighted by Crippen LogP contribution is 2.22. The molecule has 0 bridgehead atoms. The van der Waals surface area contributed by atoms with Gasteiger partial charge >= 0.3 is 0 Å². The minimum atomic E-state index is -1.08. The topological polar surface area (TPSA) is 98.8 Å². The predicted octanol–water partition coefficient (Wildman–Crippen LogP) is 3.43. The molecule has 0 saturated carbocycles. The molecule has 3 N–H and O–H groups in total. The molecule has 29 heavy (non-hydrogen) atoms. The first-order valence-electron chi connectivity index (χ1n) is 8.41. The van der Waals surface area contributed by atoms with E-state index in [1.54, 1.807) is 24.3 Å². The van der Waals surface area contributed by atoms with Crippen molar-refractivity contribution in [2.75, 3.05) is 11.9 Å². The van der Waals surface area contributed by atoms with Crippen molar-refractivity contribution in [1.82, 2.24) is 4.98 Å². The normalized spacial score (nSPS) is 11.0. The molecule has 1 amide bonds. The van der Waals surface area contributed by atoms with Gasteiger partial charge < -0.3 is 20.6 Å². The molecule has 9 heteroatoms. The number of nitrogens with two attached hydrogens (primary N) is 1. The molecule has 0 unspecified atom stereocenters. The van der Waals surface area contributed by atoms with Crippen LogP contribution in [0.25, 0.3) is 0 Å². The Bertz CT molecular complexity index is 1030. The van der Waals surface area contributed by atoms with Gasteiger partial charge in [0.1, 0.15) is 5.75 Å². The number of hydrogen-bond acceptors (Lipinski definition) is 5. The summed E-state index contributed by atoms with van der Waals surface area (Å²) in [6.45, 7) is -0.491.